The largest absolute Gasteiger partial charge is 0.381 e. The highest BCUT2D eigenvalue weighted by Gasteiger charge is 2.31. The summed E-state index contributed by atoms with van der Waals surface area (Å²) in [6.45, 7) is 15.1. The molecule has 0 bridgehead atoms. The number of halogens is 1. The summed E-state index contributed by atoms with van der Waals surface area (Å²) >= 11 is 0. The number of hydrogen-bond donors (Lipinski definition) is 1. The second-order valence-electron chi connectivity index (χ2n) is 7.16. The van der Waals surface area contributed by atoms with E-state index in [4.69, 9.17) is 10.5 Å². The normalized spacial score (nSPS) is 26.8. The minimum Gasteiger partial charge on any atom is -0.381 e. The molecule has 1 aliphatic rings. The maximum atomic E-state index is 13.6. The molecule has 2 N–H and O–H groups in total. The van der Waals surface area contributed by atoms with E-state index in [0.717, 1.165) is 6.42 Å². The summed E-state index contributed by atoms with van der Waals surface area (Å²) in [5, 5.41) is 0. The third kappa shape index (κ3) is 7.76. The monoisotopic (exact) mass is 339 g/mol. The summed E-state index contributed by atoms with van der Waals surface area (Å²) in [7, 11) is 1.83. The molecule has 140 valence electrons. The average molecular weight is 340 g/mol. The lowest BCUT2D eigenvalue weighted by atomic mass is 9.73. The van der Waals surface area contributed by atoms with Crippen molar-refractivity contribution in [3.8, 4) is 0 Å². The first-order chi connectivity index (χ1) is 11.4. The molecule has 0 heterocycles. The second-order valence-corrected chi connectivity index (χ2v) is 7.16. The molecule has 4 atom stereocenters. The summed E-state index contributed by atoms with van der Waals surface area (Å²) in [6, 6.07) is 0. The third-order valence-electron chi connectivity index (χ3n) is 5.15. The number of nitrogens with two attached hydrogens (primary N) is 1. The highest BCUT2D eigenvalue weighted by atomic mass is 19.1. The smallest absolute Gasteiger partial charge is 0.0978 e. The summed E-state index contributed by atoms with van der Waals surface area (Å²) in [5.41, 5.74) is 6.65. The zero-order valence-electron chi connectivity index (χ0n) is 16.4. The van der Waals surface area contributed by atoms with Crippen LogP contribution in [0.3, 0.4) is 0 Å². The van der Waals surface area contributed by atoms with Crippen LogP contribution in [0.1, 0.15) is 53.4 Å². The molecular formula is C21H38FNO. The fourth-order valence-corrected chi connectivity index (χ4v) is 3.56. The molecule has 24 heavy (non-hydrogen) atoms. The Bertz CT molecular complexity index is 403. The van der Waals surface area contributed by atoms with E-state index in [-0.39, 0.29) is 18.3 Å². The molecule has 2 nitrogen and oxygen atoms in total. The van der Waals surface area contributed by atoms with Gasteiger partial charge in [0.1, 0.15) is 0 Å². The summed E-state index contributed by atoms with van der Waals surface area (Å²) < 4.78 is 19.3. The first-order valence-corrected chi connectivity index (χ1v) is 9.14. The first kappa shape index (κ1) is 23.1. The fraction of sp³-hybridized carbons (Fsp3) is 0.714. The van der Waals surface area contributed by atoms with Crippen LogP contribution in [0.5, 0.6) is 0 Å². The van der Waals surface area contributed by atoms with Gasteiger partial charge in [0, 0.05) is 20.1 Å². The highest BCUT2D eigenvalue weighted by molar-refractivity contribution is 5.09. The zero-order valence-corrected chi connectivity index (χ0v) is 16.4. The van der Waals surface area contributed by atoms with Gasteiger partial charge in [-0.15, -0.1) is 13.2 Å². The van der Waals surface area contributed by atoms with Crippen molar-refractivity contribution in [2.24, 2.45) is 29.4 Å². The number of methoxy groups -OCH3 is 1. The fourth-order valence-electron chi connectivity index (χ4n) is 3.56. The van der Waals surface area contributed by atoms with Crippen molar-refractivity contribution in [2.45, 2.75) is 59.5 Å². The van der Waals surface area contributed by atoms with Crippen LogP contribution in [0, 0.1) is 23.7 Å². The van der Waals surface area contributed by atoms with Crippen LogP contribution < -0.4 is 5.73 Å². The van der Waals surface area contributed by atoms with E-state index in [2.05, 4.69) is 46.9 Å². The summed E-state index contributed by atoms with van der Waals surface area (Å²) in [5.74, 6) is 2.01. The number of rotatable bonds is 7. The second kappa shape index (κ2) is 12.4. The number of hydrogen-bond acceptors (Lipinski definition) is 2. The lowest BCUT2D eigenvalue weighted by Gasteiger charge is -2.37. The Kier molecular flexibility index (Phi) is 12.0. The Morgan fingerprint density at radius 2 is 1.92 bits per heavy atom. The quantitative estimate of drug-likeness (QED) is 0.607. The van der Waals surface area contributed by atoms with Crippen LogP contribution in [-0.4, -0.2) is 19.8 Å². The maximum absolute atomic E-state index is 13.6. The van der Waals surface area contributed by atoms with Crippen molar-refractivity contribution in [1.29, 1.82) is 0 Å². The van der Waals surface area contributed by atoms with Crippen LogP contribution in [-0.2, 0) is 4.74 Å². The Labute approximate surface area is 149 Å². The van der Waals surface area contributed by atoms with E-state index in [1.54, 1.807) is 0 Å². The Hall–Kier alpha value is -0.930. The van der Waals surface area contributed by atoms with Gasteiger partial charge in [-0.2, -0.15) is 0 Å². The molecule has 4 unspecified atom stereocenters. The van der Waals surface area contributed by atoms with Crippen LogP contribution in [0.4, 0.5) is 4.39 Å². The standard InChI is InChI=1S/C19H34FNO.C2H4/c1-13(2)18-12-16(6-7-19(18)22-5)10-14(3)15(4)11-17(20)8-9-21;1-2/h8,10,13,15-16,18-19H,6-7,9,11-12,21H2,1-5H3;1-2H2/b14-10-,17-8+;. The van der Waals surface area contributed by atoms with E-state index < -0.39 is 0 Å². The van der Waals surface area contributed by atoms with Crippen molar-refractivity contribution in [3.05, 3.63) is 36.7 Å². The SMILES string of the molecule is C=C.COC1CCC(/C=C(/C)C(C)C/C(F)=C\CN)CC1C(C)C. The van der Waals surface area contributed by atoms with Gasteiger partial charge >= 0.3 is 0 Å². The van der Waals surface area contributed by atoms with E-state index >= 15 is 0 Å². The molecule has 1 saturated carbocycles. The van der Waals surface area contributed by atoms with E-state index in [0.29, 0.717) is 30.3 Å². The predicted molar refractivity (Wildman–Crippen MR) is 104 cm³/mol. The Balaban J connectivity index is 0.00000254. The van der Waals surface area contributed by atoms with E-state index in [1.165, 1.54) is 24.5 Å². The van der Waals surface area contributed by atoms with E-state index in [1.807, 2.05) is 7.11 Å². The first-order valence-electron chi connectivity index (χ1n) is 9.14. The molecule has 0 aromatic carbocycles. The molecule has 1 aliphatic carbocycles. The van der Waals surface area contributed by atoms with Gasteiger partial charge in [0.05, 0.1) is 11.9 Å². The van der Waals surface area contributed by atoms with Crippen molar-refractivity contribution in [3.63, 3.8) is 0 Å². The van der Waals surface area contributed by atoms with Gasteiger partial charge in [-0.25, -0.2) is 4.39 Å². The third-order valence-corrected chi connectivity index (χ3v) is 5.15. The van der Waals surface area contributed by atoms with Gasteiger partial charge in [0.2, 0.25) is 0 Å². The lowest BCUT2D eigenvalue weighted by Crippen LogP contribution is -2.33. The molecule has 0 aromatic heterocycles. The minimum absolute atomic E-state index is 0.0918. The van der Waals surface area contributed by atoms with Crippen molar-refractivity contribution < 1.29 is 9.13 Å². The Morgan fingerprint density at radius 1 is 1.29 bits per heavy atom. The van der Waals surface area contributed by atoms with Crippen molar-refractivity contribution in [1.82, 2.24) is 0 Å². The molecule has 0 spiro atoms. The summed E-state index contributed by atoms with van der Waals surface area (Å²) in [4.78, 5) is 0. The van der Waals surface area contributed by atoms with Crippen molar-refractivity contribution >= 4 is 0 Å². The molecule has 1 rings (SSSR count). The van der Waals surface area contributed by atoms with Gasteiger partial charge in [-0.05, 0) is 55.9 Å². The molecule has 0 aliphatic heterocycles. The maximum Gasteiger partial charge on any atom is 0.0978 e. The topological polar surface area (TPSA) is 35.2 Å². The average Bonchev–Trinajstić information content (AvgIpc) is 2.56. The highest BCUT2D eigenvalue weighted by Crippen LogP contribution is 2.37. The van der Waals surface area contributed by atoms with Gasteiger partial charge in [0.25, 0.3) is 0 Å². The molecule has 3 heteroatoms. The van der Waals surface area contributed by atoms with Gasteiger partial charge < -0.3 is 10.5 Å². The molecule has 1 fully saturated rings. The molecular weight excluding hydrogens is 301 g/mol. The van der Waals surface area contributed by atoms with Crippen LogP contribution >= 0.6 is 0 Å². The molecule has 0 amide bonds. The molecule has 0 aromatic rings. The summed E-state index contributed by atoms with van der Waals surface area (Å²) in [6.07, 6.45) is 8.19. The minimum atomic E-state index is -0.0918. The number of ether oxygens (including phenoxy) is 1. The molecule has 0 radical (unpaired) electrons. The zero-order chi connectivity index (χ0) is 18.7. The lowest BCUT2D eigenvalue weighted by molar-refractivity contribution is -0.00437. The van der Waals surface area contributed by atoms with Crippen LogP contribution in [0.25, 0.3) is 0 Å². The Morgan fingerprint density at radius 3 is 2.42 bits per heavy atom. The van der Waals surface area contributed by atoms with Gasteiger partial charge in [-0.3, -0.25) is 0 Å². The number of allylic oxidation sites excluding steroid dienone is 3. The predicted octanol–water partition coefficient (Wildman–Crippen LogP) is 5.66. The van der Waals surface area contributed by atoms with E-state index in [9.17, 15) is 4.39 Å². The van der Waals surface area contributed by atoms with Crippen LogP contribution in [0.15, 0.2) is 36.7 Å². The molecule has 0 saturated heterocycles. The van der Waals surface area contributed by atoms with Gasteiger partial charge in [0.15, 0.2) is 0 Å². The van der Waals surface area contributed by atoms with Gasteiger partial charge in [-0.1, -0.05) is 32.4 Å². The van der Waals surface area contributed by atoms with Crippen LogP contribution in [0.2, 0.25) is 0 Å². The van der Waals surface area contributed by atoms with Crippen molar-refractivity contribution in [2.75, 3.05) is 13.7 Å².